The molecule has 8 nitrogen and oxygen atoms in total. The molecule has 2 amide bonds. The minimum absolute atomic E-state index is 0.0581. The van der Waals surface area contributed by atoms with E-state index in [-0.39, 0.29) is 30.4 Å². The van der Waals surface area contributed by atoms with Crippen molar-refractivity contribution in [3.63, 3.8) is 0 Å². The number of ketones is 1. The van der Waals surface area contributed by atoms with E-state index >= 15 is 0 Å². The van der Waals surface area contributed by atoms with Gasteiger partial charge < -0.3 is 15.0 Å². The van der Waals surface area contributed by atoms with E-state index in [1.807, 2.05) is 60.6 Å². The van der Waals surface area contributed by atoms with Gasteiger partial charge in [-0.05, 0) is 78.9 Å². The molecule has 1 aliphatic rings. The van der Waals surface area contributed by atoms with Gasteiger partial charge in [0.15, 0.2) is 5.78 Å². The number of aryl methyl sites for hydroxylation is 1. The highest BCUT2D eigenvalue weighted by Gasteiger charge is 2.25. The highest BCUT2D eigenvalue weighted by molar-refractivity contribution is 6.00. The molecule has 0 radical (unpaired) electrons. The average Bonchev–Trinajstić information content (AvgIpc) is 3.35. The van der Waals surface area contributed by atoms with Crippen LogP contribution < -0.4 is 10.1 Å². The van der Waals surface area contributed by atoms with E-state index in [1.165, 1.54) is 5.56 Å². The fraction of sp³-hybridized carbons (Fsp3) is 0.290. The zero-order valence-corrected chi connectivity index (χ0v) is 22.2. The predicted octanol–water partition coefficient (Wildman–Crippen LogP) is 5.20. The van der Waals surface area contributed by atoms with E-state index in [4.69, 9.17) is 4.74 Å². The molecule has 0 spiro atoms. The number of fused-ring (bicyclic) bond motifs is 1. The largest absolute Gasteiger partial charge is 0.497 e. The zero-order valence-electron chi connectivity index (χ0n) is 22.2. The van der Waals surface area contributed by atoms with Crippen LogP contribution in [0.2, 0.25) is 0 Å². The number of hydrogen-bond donors (Lipinski definition) is 1. The van der Waals surface area contributed by atoms with Crippen molar-refractivity contribution in [1.29, 1.82) is 0 Å². The third-order valence-electron chi connectivity index (χ3n) is 7.31. The summed E-state index contributed by atoms with van der Waals surface area (Å²) in [5.41, 5.74) is 4.05. The molecule has 1 saturated heterocycles. The molecule has 0 atom stereocenters. The van der Waals surface area contributed by atoms with Crippen LogP contribution >= 0.6 is 0 Å². The summed E-state index contributed by atoms with van der Waals surface area (Å²) in [4.78, 5) is 39.8. The van der Waals surface area contributed by atoms with Crippen LogP contribution in [0.25, 0.3) is 10.9 Å². The molecule has 200 valence electrons. The number of nitrogens with zero attached hydrogens (tertiary/aromatic N) is 3. The SMILES string of the molecule is COc1ccc(C(=O)CCC(=O)Nc2ccc(C3CCN(C(=O)c4ccc5nn(C)cc5c4)CC3)cc2)cc1. The fourth-order valence-electron chi connectivity index (χ4n) is 5.09. The van der Waals surface area contributed by atoms with Crippen molar-refractivity contribution in [2.75, 3.05) is 25.5 Å². The Morgan fingerprint density at radius 1 is 0.923 bits per heavy atom. The molecule has 3 aromatic carbocycles. The standard InChI is InChI=1S/C31H32N4O4/c1-34-20-25-19-24(7-12-28(25)33-34)31(38)35-17-15-22(16-18-35)21-3-8-26(9-4-21)32-30(37)14-13-29(36)23-5-10-27(39-2)11-6-23/h3-12,19-20,22H,13-18H2,1-2H3,(H,32,37). The summed E-state index contributed by atoms with van der Waals surface area (Å²) in [6, 6.07) is 20.4. The summed E-state index contributed by atoms with van der Waals surface area (Å²) < 4.78 is 6.87. The lowest BCUT2D eigenvalue weighted by Gasteiger charge is -2.32. The van der Waals surface area contributed by atoms with Crippen LogP contribution in [0.5, 0.6) is 5.75 Å². The van der Waals surface area contributed by atoms with Crippen LogP contribution in [0, 0.1) is 0 Å². The summed E-state index contributed by atoms with van der Waals surface area (Å²) >= 11 is 0. The van der Waals surface area contributed by atoms with Crippen molar-refractivity contribution in [1.82, 2.24) is 14.7 Å². The van der Waals surface area contributed by atoms with Gasteiger partial charge in [0.05, 0.1) is 12.6 Å². The van der Waals surface area contributed by atoms with Gasteiger partial charge >= 0.3 is 0 Å². The zero-order chi connectivity index (χ0) is 27.4. The highest BCUT2D eigenvalue weighted by atomic mass is 16.5. The van der Waals surface area contributed by atoms with Crippen molar-refractivity contribution >= 4 is 34.2 Å². The summed E-state index contributed by atoms with van der Waals surface area (Å²) in [5.74, 6) is 0.835. The smallest absolute Gasteiger partial charge is 0.253 e. The number of amides is 2. The molecular formula is C31H32N4O4. The van der Waals surface area contributed by atoms with Gasteiger partial charge in [-0.3, -0.25) is 19.1 Å². The van der Waals surface area contributed by atoms with Gasteiger partial charge in [-0.1, -0.05) is 12.1 Å². The maximum absolute atomic E-state index is 13.1. The maximum atomic E-state index is 13.1. The number of carbonyl (C=O) groups excluding carboxylic acids is 3. The third-order valence-corrected chi connectivity index (χ3v) is 7.31. The van der Waals surface area contributed by atoms with E-state index in [1.54, 1.807) is 36.1 Å². The first-order chi connectivity index (χ1) is 18.9. The van der Waals surface area contributed by atoms with Crippen LogP contribution in [0.1, 0.15) is 57.9 Å². The van der Waals surface area contributed by atoms with Crippen molar-refractivity contribution in [2.45, 2.75) is 31.6 Å². The maximum Gasteiger partial charge on any atom is 0.253 e. The molecule has 1 N–H and O–H groups in total. The van der Waals surface area contributed by atoms with Crippen molar-refractivity contribution in [3.8, 4) is 5.75 Å². The van der Waals surface area contributed by atoms with E-state index in [2.05, 4.69) is 10.4 Å². The number of likely N-dealkylation sites (tertiary alicyclic amines) is 1. The number of hydrogen-bond acceptors (Lipinski definition) is 5. The molecule has 1 aliphatic heterocycles. The second-order valence-corrected chi connectivity index (χ2v) is 9.96. The molecule has 0 unspecified atom stereocenters. The number of methoxy groups -OCH3 is 1. The molecule has 1 fully saturated rings. The Labute approximate surface area is 227 Å². The monoisotopic (exact) mass is 524 g/mol. The summed E-state index contributed by atoms with van der Waals surface area (Å²) in [7, 11) is 3.45. The molecule has 4 aromatic rings. The van der Waals surface area contributed by atoms with E-state index in [9.17, 15) is 14.4 Å². The van der Waals surface area contributed by atoms with Crippen molar-refractivity contribution in [2.24, 2.45) is 7.05 Å². The van der Waals surface area contributed by atoms with E-state index in [0.717, 1.165) is 23.7 Å². The first kappa shape index (κ1) is 26.2. The summed E-state index contributed by atoms with van der Waals surface area (Å²) in [6.45, 7) is 1.41. The van der Waals surface area contributed by atoms with Crippen LogP contribution in [-0.2, 0) is 11.8 Å². The minimum Gasteiger partial charge on any atom is -0.497 e. The quantitative estimate of drug-likeness (QED) is 0.320. The second kappa shape index (κ2) is 11.5. The Morgan fingerprint density at radius 3 is 2.31 bits per heavy atom. The number of aromatic nitrogens is 2. The first-order valence-electron chi connectivity index (χ1n) is 13.2. The van der Waals surface area contributed by atoms with Gasteiger partial charge in [0, 0.05) is 61.4 Å². The van der Waals surface area contributed by atoms with Gasteiger partial charge in [0.25, 0.3) is 5.91 Å². The molecule has 8 heteroatoms. The predicted molar refractivity (Wildman–Crippen MR) is 150 cm³/mol. The van der Waals surface area contributed by atoms with Crippen LogP contribution in [0.15, 0.2) is 72.9 Å². The molecule has 39 heavy (non-hydrogen) atoms. The minimum atomic E-state index is -0.194. The van der Waals surface area contributed by atoms with Gasteiger partial charge in [-0.2, -0.15) is 5.10 Å². The highest BCUT2D eigenvalue weighted by Crippen LogP contribution is 2.30. The van der Waals surface area contributed by atoms with E-state index < -0.39 is 0 Å². The Hall–Kier alpha value is -4.46. The van der Waals surface area contributed by atoms with Crippen LogP contribution in [0.3, 0.4) is 0 Å². The average molecular weight is 525 g/mol. The molecule has 0 bridgehead atoms. The number of benzene rings is 3. The second-order valence-electron chi connectivity index (χ2n) is 9.96. The number of nitrogens with one attached hydrogen (secondary N) is 1. The number of carbonyl (C=O) groups is 3. The summed E-state index contributed by atoms with van der Waals surface area (Å²) in [5, 5.41) is 8.22. The molecule has 0 aliphatic carbocycles. The number of piperidine rings is 1. The number of Topliss-reactive ketones (excluding diaryl/α,β-unsaturated/α-hetero) is 1. The van der Waals surface area contributed by atoms with Gasteiger partial charge in [0.1, 0.15) is 5.75 Å². The topological polar surface area (TPSA) is 93.5 Å². The van der Waals surface area contributed by atoms with Gasteiger partial charge in [0.2, 0.25) is 5.91 Å². The Balaban J connectivity index is 1.09. The lowest BCUT2D eigenvalue weighted by atomic mass is 9.89. The van der Waals surface area contributed by atoms with Crippen molar-refractivity contribution in [3.05, 3.63) is 89.6 Å². The Kier molecular flexibility index (Phi) is 7.72. The Morgan fingerprint density at radius 2 is 1.62 bits per heavy atom. The molecule has 2 heterocycles. The van der Waals surface area contributed by atoms with E-state index in [0.29, 0.717) is 41.6 Å². The summed E-state index contributed by atoms with van der Waals surface area (Å²) in [6.07, 6.45) is 3.96. The molecule has 5 rings (SSSR count). The fourth-order valence-corrected chi connectivity index (χ4v) is 5.09. The normalized spacial score (nSPS) is 13.8. The van der Waals surface area contributed by atoms with Gasteiger partial charge in [-0.15, -0.1) is 0 Å². The molecule has 1 aromatic heterocycles. The molecular weight excluding hydrogens is 492 g/mol. The number of rotatable bonds is 8. The lowest BCUT2D eigenvalue weighted by Crippen LogP contribution is -2.37. The number of ether oxygens (including phenoxy) is 1. The van der Waals surface area contributed by atoms with Crippen molar-refractivity contribution < 1.29 is 19.1 Å². The first-order valence-corrected chi connectivity index (χ1v) is 13.2. The van der Waals surface area contributed by atoms with Crippen LogP contribution in [0.4, 0.5) is 5.69 Å². The number of anilines is 1. The third kappa shape index (κ3) is 6.17. The Bertz CT molecular complexity index is 1480. The van der Waals surface area contributed by atoms with Gasteiger partial charge in [-0.25, -0.2) is 0 Å². The lowest BCUT2D eigenvalue weighted by molar-refractivity contribution is -0.116. The van der Waals surface area contributed by atoms with Crippen LogP contribution in [-0.4, -0.2) is 52.5 Å². The molecule has 0 saturated carbocycles.